The fourth-order valence-electron chi connectivity index (χ4n) is 1.62. The molecule has 3 nitrogen and oxygen atoms in total. The van der Waals surface area contributed by atoms with Crippen LogP contribution in [0, 0.1) is 17.5 Å². The predicted molar refractivity (Wildman–Crippen MR) is 79.9 cm³/mol. The van der Waals surface area contributed by atoms with E-state index in [-0.39, 0.29) is 17.3 Å². The number of carbonyl (C=O) groups excluding carboxylic acids is 1. The Bertz CT molecular complexity index is 725. The van der Waals surface area contributed by atoms with E-state index in [1.165, 1.54) is 18.2 Å². The van der Waals surface area contributed by atoms with Gasteiger partial charge in [-0.2, -0.15) is 0 Å². The molecular weight excluding hydrogens is 340 g/mol. The van der Waals surface area contributed by atoms with Gasteiger partial charge in [0.25, 0.3) is 0 Å². The standard InChI is InChI=1S/C14H9Cl2F3N2O/c15-7-1-3-10(8(16)5-7)21-12(22)6-20-11-4-2-9(17)13(18)14(11)19/h1-5,20H,6H2,(H,21,22). The van der Waals surface area contributed by atoms with E-state index in [1.54, 1.807) is 0 Å². The van der Waals surface area contributed by atoms with Crippen LogP contribution in [0.2, 0.25) is 10.0 Å². The first-order valence-electron chi connectivity index (χ1n) is 6.00. The third-order valence-electron chi connectivity index (χ3n) is 2.68. The van der Waals surface area contributed by atoms with Crippen molar-refractivity contribution in [1.29, 1.82) is 0 Å². The van der Waals surface area contributed by atoms with E-state index in [0.717, 1.165) is 12.1 Å². The van der Waals surface area contributed by atoms with Gasteiger partial charge in [0.1, 0.15) is 0 Å². The van der Waals surface area contributed by atoms with Crippen LogP contribution in [0.5, 0.6) is 0 Å². The molecule has 116 valence electrons. The van der Waals surface area contributed by atoms with Gasteiger partial charge >= 0.3 is 0 Å². The Balaban J connectivity index is 2.00. The molecule has 2 aromatic rings. The Morgan fingerprint density at radius 3 is 2.36 bits per heavy atom. The Kier molecular flexibility index (Phi) is 5.15. The fourth-order valence-corrected chi connectivity index (χ4v) is 2.08. The smallest absolute Gasteiger partial charge is 0.243 e. The summed E-state index contributed by atoms with van der Waals surface area (Å²) in [6.45, 7) is -0.360. The first-order chi connectivity index (χ1) is 10.4. The van der Waals surface area contributed by atoms with E-state index < -0.39 is 23.4 Å². The van der Waals surface area contributed by atoms with E-state index in [1.807, 2.05) is 0 Å². The Hall–Kier alpha value is -1.92. The molecule has 0 saturated heterocycles. The second-order valence-electron chi connectivity index (χ2n) is 4.25. The van der Waals surface area contributed by atoms with Crippen molar-refractivity contribution in [1.82, 2.24) is 0 Å². The fraction of sp³-hybridized carbons (Fsp3) is 0.0714. The maximum atomic E-state index is 13.4. The van der Waals surface area contributed by atoms with Gasteiger partial charge in [0.15, 0.2) is 17.5 Å². The largest absolute Gasteiger partial charge is 0.374 e. The molecule has 2 aromatic carbocycles. The molecular formula is C14H9Cl2F3N2O. The number of anilines is 2. The molecule has 1 amide bonds. The number of hydrogen-bond donors (Lipinski definition) is 2. The summed E-state index contributed by atoms with van der Waals surface area (Å²) in [5.74, 6) is -4.85. The van der Waals surface area contributed by atoms with Gasteiger partial charge in [-0.15, -0.1) is 0 Å². The first-order valence-corrected chi connectivity index (χ1v) is 6.76. The summed E-state index contributed by atoms with van der Waals surface area (Å²) in [5, 5.41) is 5.48. The summed E-state index contributed by atoms with van der Waals surface area (Å²) in [5.41, 5.74) is -0.000113. The SMILES string of the molecule is O=C(CNc1ccc(F)c(F)c1F)Nc1ccc(Cl)cc1Cl. The van der Waals surface area contributed by atoms with Crippen molar-refractivity contribution < 1.29 is 18.0 Å². The third-order valence-corrected chi connectivity index (χ3v) is 3.23. The molecule has 22 heavy (non-hydrogen) atoms. The van der Waals surface area contributed by atoms with Crippen molar-refractivity contribution in [2.24, 2.45) is 0 Å². The van der Waals surface area contributed by atoms with Crippen molar-refractivity contribution in [3.8, 4) is 0 Å². The molecule has 0 aromatic heterocycles. The van der Waals surface area contributed by atoms with Crippen LogP contribution in [0.25, 0.3) is 0 Å². The lowest BCUT2D eigenvalue weighted by atomic mass is 10.2. The second kappa shape index (κ2) is 6.89. The average molecular weight is 349 g/mol. The van der Waals surface area contributed by atoms with E-state index in [0.29, 0.717) is 10.7 Å². The lowest BCUT2D eigenvalue weighted by Gasteiger charge is -2.10. The molecule has 8 heteroatoms. The minimum absolute atomic E-state index is 0.236. The van der Waals surface area contributed by atoms with Crippen molar-refractivity contribution >= 4 is 40.5 Å². The van der Waals surface area contributed by atoms with E-state index in [9.17, 15) is 18.0 Å². The summed E-state index contributed by atoms with van der Waals surface area (Å²) in [6.07, 6.45) is 0. The summed E-state index contributed by atoms with van der Waals surface area (Å²) in [6, 6.07) is 6.23. The summed E-state index contributed by atoms with van der Waals surface area (Å²) >= 11 is 11.6. The third kappa shape index (κ3) is 3.84. The highest BCUT2D eigenvalue weighted by atomic mass is 35.5. The van der Waals surface area contributed by atoms with Crippen LogP contribution in [-0.2, 0) is 4.79 Å². The highest BCUT2D eigenvalue weighted by molar-refractivity contribution is 6.36. The molecule has 0 saturated carbocycles. The molecule has 0 aliphatic carbocycles. The molecule has 0 heterocycles. The maximum absolute atomic E-state index is 13.4. The Morgan fingerprint density at radius 2 is 1.68 bits per heavy atom. The first kappa shape index (κ1) is 16.5. The number of rotatable bonds is 4. The van der Waals surface area contributed by atoms with Crippen molar-refractivity contribution in [3.63, 3.8) is 0 Å². The molecule has 0 spiro atoms. The molecule has 0 unspecified atom stereocenters. The predicted octanol–water partition coefficient (Wildman–Crippen LogP) is 4.46. The summed E-state index contributed by atoms with van der Waals surface area (Å²) in [4.78, 5) is 11.7. The van der Waals surface area contributed by atoms with Gasteiger partial charge < -0.3 is 10.6 Å². The van der Waals surface area contributed by atoms with Gasteiger partial charge in [0, 0.05) is 5.02 Å². The van der Waals surface area contributed by atoms with Crippen LogP contribution in [0.15, 0.2) is 30.3 Å². The van der Waals surface area contributed by atoms with Crippen molar-refractivity contribution in [2.75, 3.05) is 17.2 Å². The number of carbonyl (C=O) groups is 1. The van der Waals surface area contributed by atoms with Crippen molar-refractivity contribution in [2.45, 2.75) is 0 Å². The highest BCUT2D eigenvalue weighted by Gasteiger charge is 2.14. The minimum atomic E-state index is -1.61. The normalized spacial score (nSPS) is 10.4. The lowest BCUT2D eigenvalue weighted by Crippen LogP contribution is -2.22. The highest BCUT2D eigenvalue weighted by Crippen LogP contribution is 2.25. The van der Waals surface area contributed by atoms with Crippen LogP contribution in [-0.4, -0.2) is 12.5 Å². The topological polar surface area (TPSA) is 41.1 Å². The van der Waals surface area contributed by atoms with Crippen LogP contribution in [0.3, 0.4) is 0 Å². The number of benzene rings is 2. The molecule has 0 bridgehead atoms. The van der Waals surface area contributed by atoms with E-state index in [2.05, 4.69) is 10.6 Å². The average Bonchev–Trinajstić information content (AvgIpc) is 2.47. The summed E-state index contributed by atoms with van der Waals surface area (Å²) in [7, 11) is 0. The quantitative estimate of drug-likeness (QED) is 0.801. The lowest BCUT2D eigenvalue weighted by molar-refractivity contribution is -0.114. The van der Waals surface area contributed by atoms with Gasteiger partial charge in [0.2, 0.25) is 5.91 Å². The summed E-state index contributed by atoms with van der Waals surface area (Å²) < 4.78 is 39.2. The molecule has 2 N–H and O–H groups in total. The maximum Gasteiger partial charge on any atom is 0.243 e. The van der Waals surface area contributed by atoms with Crippen molar-refractivity contribution in [3.05, 3.63) is 57.8 Å². The van der Waals surface area contributed by atoms with E-state index >= 15 is 0 Å². The zero-order valence-electron chi connectivity index (χ0n) is 10.9. The molecule has 0 aliphatic heterocycles. The molecule has 0 radical (unpaired) electrons. The number of halogens is 5. The molecule has 0 atom stereocenters. The minimum Gasteiger partial charge on any atom is -0.374 e. The monoisotopic (exact) mass is 348 g/mol. The van der Waals surface area contributed by atoms with Crippen LogP contribution < -0.4 is 10.6 Å². The molecule has 0 aliphatic rings. The van der Waals surface area contributed by atoms with Gasteiger partial charge in [-0.1, -0.05) is 23.2 Å². The molecule has 2 rings (SSSR count). The zero-order valence-corrected chi connectivity index (χ0v) is 12.4. The van der Waals surface area contributed by atoms with E-state index in [4.69, 9.17) is 23.2 Å². The second-order valence-corrected chi connectivity index (χ2v) is 5.09. The van der Waals surface area contributed by atoms with Gasteiger partial charge in [-0.3, -0.25) is 4.79 Å². The van der Waals surface area contributed by atoms with Crippen LogP contribution in [0.1, 0.15) is 0 Å². The van der Waals surface area contributed by atoms with Gasteiger partial charge in [-0.05, 0) is 30.3 Å². The number of hydrogen-bond acceptors (Lipinski definition) is 2. The van der Waals surface area contributed by atoms with Crippen LogP contribution >= 0.6 is 23.2 Å². The zero-order chi connectivity index (χ0) is 16.3. The number of nitrogens with one attached hydrogen (secondary N) is 2. The van der Waals surface area contributed by atoms with Gasteiger partial charge in [-0.25, -0.2) is 13.2 Å². The molecule has 0 fully saturated rings. The number of amides is 1. The Morgan fingerprint density at radius 1 is 1.00 bits per heavy atom. The van der Waals surface area contributed by atoms with Crippen LogP contribution in [0.4, 0.5) is 24.5 Å². The van der Waals surface area contributed by atoms with Gasteiger partial charge in [0.05, 0.1) is 22.9 Å². The Labute approximate surface area is 134 Å².